The van der Waals surface area contributed by atoms with E-state index in [-0.39, 0.29) is 11.5 Å². The Kier molecular flexibility index (Phi) is 6.57. The van der Waals surface area contributed by atoms with Gasteiger partial charge in [-0.25, -0.2) is 0 Å². The highest BCUT2D eigenvalue weighted by molar-refractivity contribution is 5.27. The topological polar surface area (TPSA) is 26.0 Å². The number of hydrogen-bond donors (Lipinski definition) is 1. The lowest BCUT2D eigenvalue weighted by Crippen LogP contribution is -2.45. The molecule has 0 saturated carbocycles. The standard InChI is InChI=1S/C18H31N/c1-5-11-15(4)14-17(19)18(6-2,7-3)16-12-9-8-10-13-16/h8-10,12-13,15,17H,5-7,11,14,19H2,1-4H3. The van der Waals surface area contributed by atoms with E-state index >= 15 is 0 Å². The average Bonchev–Trinajstić information content (AvgIpc) is 2.42. The molecule has 0 aromatic heterocycles. The summed E-state index contributed by atoms with van der Waals surface area (Å²) in [5, 5.41) is 0. The van der Waals surface area contributed by atoms with E-state index in [1.165, 1.54) is 18.4 Å². The van der Waals surface area contributed by atoms with Gasteiger partial charge >= 0.3 is 0 Å². The Hall–Kier alpha value is -0.820. The van der Waals surface area contributed by atoms with Gasteiger partial charge < -0.3 is 5.73 Å². The third-order valence-electron chi connectivity index (χ3n) is 4.76. The Labute approximate surface area is 119 Å². The van der Waals surface area contributed by atoms with Crippen molar-refractivity contribution in [3.8, 4) is 0 Å². The molecule has 1 aromatic rings. The molecule has 0 aliphatic heterocycles. The highest BCUT2D eigenvalue weighted by Gasteiger charge is 2.35. The van der Waals surface area contributed by atoms with Crippen LogP contribution in [0.3, 0.4) is 0 Å². The van der Waals surface area contributed by atoms with E-state index in [0.29, 0.717) is 0 Å². The fraction of sp³-hybridized carbons (Fsp3) is 0.667. The molecule has 1 heteroatoms. The van der Waals surface area contributed by atoms with E-state index in [1.54, 1.807) is 0 Å². The first-order chi connectivity index (χ1) is 9.10. The van der Waals surface area contributed by atoms with Gasteiger partial charge in [-0.3, -0.25) is 0 Å². The van der Waals surface area contributed by atoms with Crippen molar-refractivity contribution in [3.63, 3.8) is 0 Å². The number of benzene rings is 1. The minimum absolute atomic E-state index is 0.142. The third-order valence-corrected chi connectivity index (χ3v) is 4.76. The van der Waals surface area contributed by atoms with Crippen LogP contribution in [0.5, 0.6) is 0 Å². The quantitative estimate of drug-likeness (QED) is 0.708. The molecule has 2 atom stereocenters. The van der Waals surface area contributed by atoms with Crippen molar-refractivity contribution in [2.24, 2.45) is 11.7 Å². The normalized spacial score (nSPS) is 15.2. The van der Waals surface area contributed by atoms with Crippen LogP contribution < -0.4 is 5.73 Å². The summed E-state index contributed by atoms with van der Waals surface area (Å²) in [6, 6.07) is 11.1. The molecule has 108 valence electrons. The van der Waals surface area contributed by atoms with Crippen LogP contribution >= 0.6 is 0 Å². The van der Waals surface area contributed by atoms with Gasteiger partial charge in [0.05, 0.1) is 0 Å². The molecule has 0 spiro atoms. The van der Waals surface area contributed by atoms with Gasteiger partial charge in [0.1, 0.15) is 0 Å². The van der Waals surface area contributed by atoms with Crippen LogP contribution in [0.15, 0.2) is 30.3 Å². The molecule has 0 amide bonds. The van der Waals surface area contributed by atoms with E-state index in [4.69, 9.17) is 5.73 Å². The van der Waals surface area contributed by atoms with Crippen LogP contribution in [0.1, 0.15) is 65.4 Å². The molecule has 0 aliphatic carbocycles. The molecule has 2 N–H and O–H groups in total. The van der Waals surface area contributed by atoms with Crippen molar-refractivity contribution < 1.29 is 0 Å². The molecular weight excluding hydrogens is 230 g/mol. The first kappa shape index (κ1) is 16.2. The average molecular weight is 261 g/mol. The second kappa shape index (κ2) is 7.69. The molecular formula is C18H31N. The summed E-state index contributed by atoms with van der Waals surface area (Å²) < 4.78 is 0. The summed E-state index contributed by atoms with van der Waals surface area (Å²) in [5.41, 5.74) is 8.19. The van der Waals surface area contributed by atoms with E-state index < -0.39 is 0 Å². The Morgan fingerprint density at radius 3 is 2.11 bits per heavy atom. The SMILES string of the molecule is CCCC(C)CC(N)C(CC)(CC)c1ccccc1. The molecule has 0 fully saturated rings. The Morgan fingerprint density at radius 2 is 1.63 bits per heavy atom. The zero-order chi connectivity index (χ0) is 14.3. The highest BCUT2D eigenvalue weighted by Crippen LogP contribution is 2.37. The first-order valence-electron chi connectivity index (χ1n) is 7.91. The predicted molar refractivity (Wildman–Crippen MR) is 85.4 cm³/mol. The maximum absolute atomic E-state index is 6.64. The zero-order valence-electron chi connectivity index (χ0n) is 13.2. The largest absolute Gasteiger partial charge is 0.327 e. The second-order valence-electron chi connectivity index (χ2n) is 5.97. The molecule has 0 aliphatic rings. The third kappa shape index (κ3) is 3.82. The summed E-state index contributed by atoms with van der Waals surface area (Å²) in [7, 11) is 0. The maximum Gasteiger partial charge on any atom is 0.0139 e. The van der Waals surface area contributed by atoms with Crippen molar-refractivity contribution in [2.45, 2.75) is 71.3 Å². The molecule has 0 radical (unpaired) electrons. The summed E-state index contributed by atoms with van der Waals surface area (Å²) in [6.45, 7) is 9.15. The smallest absolute Gasteiger partial charge is 0.0139 e. The summed E-state index contributed by atoms with van der Waals surface area (Å²) >= 11 is 0. The van der Waals surface area contributed by atoms with Crippen molar-refractivity contribution in [1.29, 1.82) is 0 Å². The van der Waals surface area contributed by atoms with Crippen LogP contribution in [-0.2, 0) is 5.41 Å². The molecule has 0 bridgehead atoms. The molecule has 1 aromatic carbocycles. The molecule has 0 heterocycles. The van der Waals surface area contributed by atoms with Crippen LogP contribution in [0.2, 0.25) is 0 Å². The van der Waals surface area contributed by atoms with Gasteiger partial charge in [0.15, 0.2) is 0 Å². The minimum Gasteiger partial charge on any atom is -0.327 e. The molecule has 0 saturated heterocycles. The number of nitrogens with two attached hydrogens (primary N) is 1. The lowest BCUT2D eigenvalue weighted by atomic mass is 9.68. The van der Waals surface area contributed by atoms with Gasteiger partial charge in [0.25, 0.3) is 0 Å². The van der Waals surface area contributed by atoms with Gasteiger partial charge in [0, 0.05) is 11.5 Å². The molecule has 19 heavy (non-hydrogen) atoms. The van der Waals surface area contributed by atoms with E-state index in [0.717, 1.165) is 25.2 Å². The highest BCUT2D eigenvalue weighted by atomic mass is 14.7. The predicted octanol–water partition coefficient (Wildman–Crippen LogP) is 4.90. The first-order valence-corrected chi connectivity index (χ1v) is 7.91. The Bertz CT molecular complexity index is 340. The molecule has 2 unspecified atom stereocenters. The van der Waals surface area contributed by atoms with E-state index in [2.05, 4.69) is 58.0 Å². The van der Waals surface area contributed by atoms with Gasteiger partial charge in [-0.2, -0.15) is 0 Å². The minimum atomic E-state index is 0.142. The number of rotatable bonds is 8. The summed E-state index contributed by atoms with van der Waals surface area (Å²) in [4.78, 5) is 0. The van der Waals surface area contributed by atoms with Crippen molar-refractivity contribution in [1.82, 2.24) is 0 Å². The van der Waals surface area contributed by atoms with E-state index in [1.807, 2.05) is 0 Å². The van der Waals surface area contributed by atoms with Crippen LogP contribution in [0, 0.1) is 5.92 Å². The van der Waals surface area contributed by atoms with Crippen LogP contribution in [0.4, 0.5) is 0 Å². The fourth-order valence-electron chi connectivity index (χ4n) is 3.44. The lowest BCUT2D eigenvalue weighted by Gasteiger charge is -2.39. The summed E-state index contributed by atoms with van der Waals surface area (Å²) in [6.07, 6.45) is 5.90. The van der Waals surface area contributed by atoms with Crippen molar-refractivity contribution >= 4 is 0 Å². The van der Waals surface area contributed by atoms with E-state index in [9.17, 15) is 0 Å². The Morgan fingerprint density at radius 1 is 1.05 bits per heavy atom. The van der Waals surface area contributed by atoms with Crippen LogP contribution in [-0.4, -0.2) is 6.04 Å². The van der Waals surface area contributed by atoms with Crippen molar-refractivity contribution in [2.75, 3.05) is 0 Å². The maximum atomic E-state index is 6.64. The monoisotopic (exact) mass is 261 g/mol. The van der Waals surface area contributed by atoms with Crippen molar-refractivity contribution in [3.05, 3.63) is 35.9 Å². The zero-order valence-corrected chi connectivity index (χ0v) is 13.2. The fourth-order valence-corrected chi connectivity index (χ4v) is 3.44. The van der Waals surface area contributed by atoms with Gasteiger partial charge in [-0.15, -0.1) is 0 Å². The second-order valence-corrected chi connectivity index (χ2v) is 5.97. The molecule has 1 rings (SSSR count). The van der Waals surface area contributed by atoms with Gasteiger partial charge in [0.2, 0.25) is 0 Å². The molecule has 1 nitrogen and oxygen atoms in total. The number of hydrogen-bond acceptors (Lipinski definition) is 1. The lowest BCUT2D eigenvalue weighted by molar-refractivity contribution is 0.271. The Balaban J connectivity index is 2.93. The van der Waals surface area contributed by atoms with Gasteiger partial charge in [-0.1, -0.05) is 70.9 Å². The van der Waals surface area contributed by atoms with Gasteiger partial charge in [-0.05, 0) is 30.7 Å². The van der Waals surface area contributed by atoms with Crippen LogP contribution in [0.25, 0.3) is 0 Å². The summed E-state index contributed by atoms with van der Waals surface area (Å²) in [5.74, 6) is 0.723.